The molecule has 4 heteroatoms. The average molecular weight is 302 g/mol. The molecule has 1 fully saturated rings. The summed E-state index contributed by atoms with van der Waals surface area (Å²) in [5, 5.41) is 4.91. The van der Waals surface area contributed by atoms with Crippen LogP contribution < -0.4 is 4.67 Å². The molecule has 0 heterocycles. The highest BCUT2D eigenvalue weighted by atomic mass is 28.3. The van der Waals surface area contributed by atoms with E-state index in [0.29, 0.717) is 18.6 Å². The van der Waals surface area contributed by atoms with E-state index < -0.39 is 8.24 Å². The first-order valence-corrected chi connectivity index (χ1v) is 11.1. The van der Waals surface area contributed by atoms with Crippen molar-refractivity contribution in [3.63, 3.8) is 0 Å². The minimum absolute atomic E-state index is 0.0377. The van der Waals surface area contributed by atoms with E-state index in [1.165, 1.54) is 0 Å². The molecular formula is C17H26N2OSi. The molecule has 1 aliphatic rings. The number of benzene rings is 1. The van der Waals surface area contributed by atoms with Gasteiger partial charge in [0, 0.05) is 24.2 Å². The maximum atomic E-state index is 12.0. The Hall–Kier alpha value is -1.42. The van der Waals surface area contributed by atoms with E-state index >= 15 is 0 Å². The smallest absolute Gasteiger partial charge is 0.176 e. The van der Waals surface area contributed by atoms with Crippen LogP contribution in [0.1, 0.15) is 33.1 Å². The van der Waals surface area contributed by atoms with Crippen molar-refractivity contribution in [2.45, 2.75) is 52.8 Å². The summed E-state index contributed by atoms with van der Waals surface area (Å²) in [5.74, 6) is 0.314. The summed E-state index contributed by atoms with van der Waals surface area (Å²) in [6.45, 7) is 11.1. The molecule has 1 aromatic rings. The van der Waals surface area contributed by atoms with Crippen molar-refractivity contribution >= 4 is 25.4 Å². The van der Waals surface area contributed by atoms with Crippen LogP contribution in [0.3, 0.4) is 0 Å². The summed E-state index contributed by atoms with van der Waals surface area (Å²) < 4.78 is 2.18. The van der Waals surface area contributed by atoms with Crippen LogP contribution in [0.15, 0.2) is 35.4 Å². The molecule has 0 unspecified atom stereocenters. The van der Waals surface area contributed by atoms with E-state index in [4.69, 9.17) is 5.10 Å². The highest BCUT2D eigenvalue weighted by Gasteiger charge is 2.32. The Morgan fingerprint density at radius 3 is 2.24 bits per heavy atom. The molecule has 0 spiro atoms. The van der Waals surface area contributed by atoms with Gasteiger partial charge in [-0.1, -0.05) is 32.0 Å². The van der Waals surface area contributed by atoms with Gasteiger partial charge in [-0.3, -0.25) is 9.47 Å². The van der Waals surface area contributed by atoms with Crippen LogP contribution in [0, 0.1) is 5.41 Å². The summed E-state index contributed by atoms with van der Waals surface area (Å²) in [7, 11) is -1.65. The van der Waals surface area contributed by atoms with Gasteiger partial charge in [0.05, 0.1) is 0 Å². The molecule has 21 heavy (non-hydrogen) atoms. The minimum atomic E-state index is -1.65. The van der Waals surface area contributed by atoms with E-state index in [2.05, 4.69) is 50.3 Å². The van der Waals surface area contributed by atoms with Crippen molar-refractivity contribution in [1.29, 1.82) is 0 Å². The van der Waals surface area contributed by atoms with Gasteiger partial charge in [-0.05, 0) is 43.6 Å². The van der Waals surface area contributed by atoms with E-state index in [1.807, 2.05) is 18.2 Å². The lowest BCUT2D eigenvalue weighted by atomic mass is 9.76. The first-order valence-electron chi connectivity index (χ1n) is 7.61. The highest BCUT2D eigenvalue weighted by Crippen LogP contribution is 2.33. The fourth-order valence-electron chi connectivity index (χ4n) is 2.88. The van der Waals surface area contributed by atoms with Gasteiger partial charge in [-0.25, -0.2) is 0 Å². The molecule has 0 radical (unpaired) electrons. The Balaban J connectivity index is 2.35. The standard InChI is InChI=1S/C17H26N2OSi/c1-17(2)12-14(11-16(20)13-17)18-19(21(3,4)5)15-9-7-6-8-10-15/h6-10H,11-13H2,1-5H3. The van der Waals surface area contributed by atoms with Crippen LogP contribution >= 0.6 is 0 Å². The summed E-state index contributed by atoms with van der Waals surface area (Å²) in [6, 6.07) is 10.3. The number of Topliss-reactive ketones (excluding diaryl/α,β-unsaturated/α-hetero) is 1. The number of para-hydroxylation sites is 1. The van der Waals surface area contributed by atoms with E-state index in [9.17, 15) is 4.79 Å². The molecule has 114 valence electrons. The van der Waals surface area contributed by atoms with Gasteiger partial charge in [0.25, 0.3) is 0 Å². The number of carbonyl (C=O) groups is 1. The normalized spacial score (nSPS) is 20.6. The van der Waals surface area contributed by atoms with Gasteiger partial charge in [-0.15, -0.1) is 0 Å². The zero-order valence-corrected chi connectivity index (χ0v) is 14.8. The molecule has 0 atom stereocenters. The quantitative estimate of drug-likeness (QED) is 0.610. The second-order valence-corrected chi connectivity index (χ2v) is 12.5. The summed E-state index contributed by atoms with van der Waals surface area (Å²) in [5.41, 5.74) is 2.19. The molecule has 0 amide bonds. The van der Waals surface area contributed by atoms with Crippen LogP contribution in [0.2, 0.25) is 19.6 Å². The first kappa shape index (κ1) is 16.0. The maximum absolute atomic E-state index is 12.0. The first-order chi connectivity index (χ1) is 9.67. The number of hydrogen-bond acceptors (Lipinski definition) is 3. The van der Waals surface area contributed by atoms with Crippen LogP contribution in [-0.4, -0.2) is 19.7 Å². The van der Waals surface area contributed by atoms with Crippen LogP contribution in [0.25, 0.3) is 0 Å². The Bertz CT molecular complexity index is 544. The highest BCUT2D eigenvalue weighted by molar-refractivity contribution is 6.79. The summed E-state index contributed by atoms with van der Waals surface area (Å²) in [4.78, 5) is 12.0. The Morgan fingerprint density at radius 1 is 1.10 bits per heavy atom. The molecule has 1 aromatic carbocycles. The molecule has 1 aliphatic carbocycles. The second kappa shape index (κ2) is 5.76. The topological polar surface area (TPSA) is 32.7 Å². The molecule has 0 N–H and O–H groups in total. The second-order valence-electron chi connectivity index (χ2n) is 7.72. The summed E-state index contributed by atoms with van der Waals surface area (Å²) in [6.07, 6.45) is 2.09. The van der Waals surface area contributed by atoms with Crippen molar-refractivity contribution in [3.05, 3.63) is 30.3 Å². The molecule has 0 aliphatic heterocycles. The monoisotopic (exact) mass is 302 g/mol. The van der Waals surface area contributed by atoms with Gasteiger partial charge < -0.3 is 0 Å². The number of ketones is 1. The summed E-state index contributed by atoms with van der Waals surface area (Å²) >= 11 is 0. The van der Waals surface area contributed by atoms with Crippen molar-refractivity contribution < 1.29 is 4.79 Å². The van der Waals surface area contributed by atoms with Crippen molar-refractivity contribution in [2.24, 2.45) is 10.5 Å². The Morgan fingerprint density at radius 2 is 1.71 bits per heavy atom. The average Bonchev–Trinajstić information content (AvgIpc) is 2.33. The van der Waals surface area contributed by atoms with Gasteiger partial charge in [-0.2, -0.15) is 5.10 Å². The maximum Gasteiger partial charge on any atom is 0.176 e. The lowest BCUT2D eigenvalue weighted by molar-refractivity contribution is -0.120. The molecule has 0 bridgehead atoms. The van der Waals surface area contributed by atoms with E-state index in [-0.39, 0.29) is 5.41 Å². The fraction of sp³-hybridized carbons (Fsp3) is 0.529. The van der Waals surface area contributed by atoms with Crippen molar-refractivity contribution in [3.8, 4) is 0 Å². The number of nitrogens with zero attached hydrogens (tertiary/aromatic N) is 2. The predicted octanol–water partition coefficient (Wildman–Crippen LogP) is 4.46. The van der Waals surface area contributed by atoms with Crippen molar-refractivity contribution in [1.82, 2.24) is 0 Å². The van der Waals surface area contributed by atoms with Crippen molar-refractivity contribution in [2.75, 3.05) is 4.67 Å². The van der Waals surface area contributed by atoms with Gasteiger partial charge in [0.15, 0.2) is 8.24 Å². The lowest BCUT2D eigenvalue weighted by Crippen LogP contribution is -2.44. The fourth-order valence-corrected chi connectivity index (χ4v) is 4.24. The molecule has 2 rings (SSSR count). The molecule has 1 saturated carbocycles. The Kier molecular flexibility index (Phi) is 4.37. The van der Waals surface area contributed by atoms with Gasteiger partial charge >= 0.3 is 0 Å². The van der Waals surface area contributed by atoms with E-state index in [0.717, 1.165) is 17.8 Å². The molecule has 0 aromatic heterocycles. The van der Waals surface area contributed by atoms with Crippen LogP contribution in [0.5, 0.6) is 0 Å². The van der Waals surface area contributed by atoms with E-state index in [1.54, 1.807) is 0 Å². The predicted molar refractivity (Wildman–Crippen MR) is 92.3 cm³/mol. The molecule has 3 nitrogen and oxygen atoms in total. The van der Waals surface area contributed by atoms with Crippen LogP contribution in [0.4, 0.5) is 5.69 Å². The number of carbonyl (C=O) groups excluding carboxylic acids is 1. The number of anilines is 1. The third-order valence-electron chi connectivity index (χ3n) is 3.64. The largest absolute Gasteiger partial charge is 0.299 e. The van der Waals surface area contributed by atoms with Gasteiger partial charge in [0.1, 0.15) is 5.78 Å². The number of hydrazone groups is 1. The third-order valence-corrected chi connectivity index (χ3v) is 5.27. The SMILES string of the molecule is CC1(C)CC(=O)CC(=NN(c2ccccc2)[Si](C)(C)C)C1. The molecule has 0 saturated heterocycles. The zero-order chi connectivity index (χ0) is 15.7. The molecular weight excluding hydrogens is 276 g/mol. The number of hydrogen-bond donors (Lipinski definition) is 0. The lowest BCUT2D eigenvalue weighted by Gasteiger charge is -2.35. The third kappa shape index (κ3) is 4.27. The zero-order valence-electron chi connectivity index (χ0n) is 13.8. The Labute approximate surface area is 129 Å². The number of rotatable bonds is 3. The van der Waals surface area contributed by atoms with Crippen LogP contribution in [-0.2, 0) is 4.79 Å². The minimum Gasteiger partial charge on any atom is -0.299 e. The van der Waals surface area contributed by atoms with Gasteiger partial charge in [0.2, 0.25) is 0 Å².